The number of rotatable bonds is 5. The van der Waals surface area contributed by atoms with E-state index in [9.17, 15) is 19.2 Å². The van der Waals surface area contributed by atoms with Gasteiger partial charge in [-0.2, -0.15) is 0 Å². The summed E-state index contributed by atoms with van der Waals surface area (Å²) in [5.41, 5.74) is 5.71. The molecule has 1 saturated heterocycles. The predicted molar refractivity (Wildman–Crippen MR) is 99.3 cm³/mol. The minimum atomic E-state index is -1.22. The molecule has 1 saturated carbocycles. The maximum Gasteiger partial charge on any atom is 0.331 e. The van der Waals surface area contributed by atoms with Gasteiger partial charge in [-0.15, -0.1) is 0 Å². The van der Waals surface area contributed by atoms with Gasteiger partial charge in [0.15, 0.2) is 5.92 Å². The molecule has 28 heavy (non-hydrogen) atoms. The summed E-state index contributed by atoms with van der Waals surface area (Å²) in [6.45, 7) is 1.64. The molecular formula is C19H23N5O4. The second-order valence-corrected chi connectivity index (χ2v) is 6.79. The molecule has 1 aromatic heterocycles. The van der Waals surface area contributed by atoms with Crippen molar-refractivity contribution in [1.82, 2.24) is 26.1 Å². The normalized spacial score (nSPS) is 21.3. The highest BCUT2D eigenvalue weighted by molar-refractivity contribution is 6.17. The van der Waals surface area contributed by atoms with Crippen molar-refractivity contribution in [3.05, 3.63) is 41.9 Å². The topological polar surface area (TPSA) is 120 Å². The third-order valence-corrected chi connectivity index (χ3v) is 5.02. The third-order valence-electron chi connectivity index (χ3n) is 5.02. The van der Waals surface area contributed by atoms with Gasteiger partial charge in [-0.1, -0.05) is 25.3 Å². The highest BCUT2D eigenvalue weighted by Crippen LogP contribution is 2.27. The van der Waals surface area contributed by atoms with Crippen molar-refractivity contribution >= 4 is 23.8 Å². The lowest BCUT2D eigenvalue weighted by molar-refractivity contribution is -0.143. The number of amides is 5. The molecule has 1 atom stereocenters. The molecule has 0 spiro atoms. The lowest BCUT2D eigenvalue weighted by Gasteiger charge is -2.38. The summed E-state index contributed by atoms with van der Waals surface area (Å²) in [4.78, 5) is 54.9. The van der Waals surface area contributed by atoms with Crippen LogP contribution in [0.4, 0.5) is 4.79 Å². The molecule has 0 unspecified atom stereocenters. The predicted octanol–water partition coefficient (Wildman–Crippen LogP) is 1.25. The Morgan fingerprint density at radius 3 is 2.46 bits per heavy atom. The molecule has 1 aliphatic heterocycles. The van der Waals surface area contributed by atoms with Gasteiger partial charge in [0, 0.05) is 29.7 Å². The smallest absolute Gasteiger partial charge is 0.301 e. The summed E-state index contributed by atoms with van der Waals surface area (Å²) in [6, 6.07) is 2.19. The van der Waals surface area contributed by atoms with Crippen LogP contribution in [0.25, 0.3) is 0 Å². The van der Waals surface area contributed by atoms with Crippen LogP contribution in [0.15, 0.2) is 36.3 Å². The number of aromatic nitrogens is 1. The van der Waals surface area contributed by atoms with Crippen molar-refractivity contribution in [2.24, 2.45) is 5.92 Å². The molecule has 3 N–H and O–H groups in total. The number of carbonyl (C=O) groups excluding carboxylic acids is 4. The average molecular weight is 385 g/mol. The van der Waals surface area contributed by atoms with E-state index < -0.39 is 29.7 Å². The fourth-order valence-electron chi connectivity index (χ4n) is 3.56. The fourth-order valence-corrected chi connectivity index (χ4v) is 3.56. The Hall–Kier alpha value is -3.23. The van der Waals surface area contributed by atoms with E-state index in [1.165, 1.54) is 35.5 Å². The van der Waals surface area contributed by atoms with Crippen LogP contribution in [0.3, 0.4) is 0 Å². The first-order valence-electron chi connectivity index (χ1n) is 9.33. The van der Waals surface area contributed by atoms with E-state index >= 15 is 0 Å². The minimum Gasteiger partial charge on any atom is -0.301 e. The van der Waals surface area contributed by atoms with Crippen molar-refractivity contribution in [2.45, 2.75) is 45.1 Å². The summed E-state index contributed by atoms with van der Waals surface area (Å²) >= 11 is 0. The van der Waals surface area contributed by atoms with Crippen LogP contribution in [-0.4, -0.2) is 39.7 Å². The number of hydrogen-bond donors (Lipinski definition) is 3. The van der Waals surface area contributed by atoms with Gasteiger partial charge in [0.05, 0.1) is 0 Å². The van der Waals surface area contributed by atoms with E-state index in [-0.39, 0.29) is 11.7 Å². The summed E-state index contributed by atoms with van der Waals surface area (Å²) < 4.78 is 0. The van der Waals surface area contributed by atoms with Gasteiger partial charge >= 0.3 is 6.03 Å². The van der Waals surface area contributed by atoms with Gasteiger partial charge in [-0.25, -0.2) is 4.79 Å². The van der Waals surface area contributed by atoms with Crippen molar-refractivity contribution in [3.63, 3.8) is 0 Å². The van der Waals surface area contributed by atoms with Crippen LogP contribution in [0.2, 0.25) is 0 Å². The van der Waals surface area contributed by atoms with Crippen LogP contribution in [0, 0.1) is 5.92 Å². The van der Waals surface area contributed by atoms with E-state index in [4.69, 9.17) is 0 Å². The molecule has 5 amide bonds. The zero-order valence-corrected chi connectivity index (χ0v) is 15.6. The van der Waals surface area contributed by atoms with E-state index in [0.717, 1.165) is 32.1 Å². The van der Waals surface area contributed by atoms with Gasteiger partial charge in [0.1, 0.15) is 0 Å². The van der Waals surface area contributed by atoms with Gasteiger partial charge in [0.2, 0.25) is 11.8 Å². The Bertz CT molecular complexity index is 802. The second-order valence-electron chi connectivity index (χ2n) is 6.79. The largest absolute Gasteiger partial charge is 0.331 e. The summed E-state index contributed by atoms with van der Waals surface area (Å²) in [5, 5.41) is 2.27. The Morgan fingerprint density at radius 1 is 1.14 bits per heavy atom. The number of barbiturate groups is 1. The number of urea groups is 1. The molecule has 0 radical (unpaired) electrons. The van der Waals surface area contributed by atoms with E-state index in [1.807, 2.05) is 0 Å². The number of hydrazine groups is 1. The number of imide groups is 2. The first-order chi connectivity index (χ1) is 13.5. The van der Waals surface area contributed by atoms with Crippen LogP contribution in [0.1, 0.15) is 49.4 Å². The molecule has 2 heterocycles. The zero-order valence-electron chi connectivity index (χ0n) is 15.6. The van der Waals surface area contributed by atoms with Gasteiger partial charge < -0.3 is 5.43 Å². The summed E-state index contributed by atoms with van der Waals surface area (Å²) in [5.74, 6) is -2.94. The van der Waals surface area contributed by atoms with Crippen LogP contribution in [0.5, 0.6) is 0 Å². The lowest BCUT2D eigenvalue weighted by Crippen LogP contribution is -2.62. The molecule has 1 aliphatic carbocycles. The number of pyridine rings is 1. The molecular weight excluding hydrogens is 362 g/mol. The van der Waals surface area contributed by atoms with E-state index in [0.29, 0.717) is 5.56 Å². The van der Waals surface area contributed by atoms with E-state index in [2.05, 4.69) is 21.2 Å². The zero-order chi connectivity index (χ0) is 20.1. The van der Waals surface area contributed by atoms with Gasteiger partial charge in [0.25, 0.3) is 5.91 Å². The monoisotopic (exact) mass is 385 g/mol. The number of nitrogens with one attached hydrogen (secondary N) is 3. The highest BCUT2D eigenvalue weighted by atomic mass is 16.2. The van der Waals surface area contributed by atoms with Gasteiger partial charge in [-0.3, -0.25) is 35.0 Å². The maximum atomic E-state index is 13.0. The second kappa shape index (κ2) is 8.64. The molecule has 1 aromatic rings. The first-order valence-corrected chi connectivity index (χ1v) is 9.33. The number of allylic oxidation sites excluding steroid dienone is 1. The van der Waals surface area contributed by atoms with E-state index in [1.54, 1.807) is 6.92 Å². The fraction of sp³-hybridized carbons (Fsp3) is 0.421. The summed E-state index contributed by atoms with van der Waals surface area (Å²) in [6.07, 6.45) is 8.92. The first kappa shape index (κ1) is 19.5. The molecule has 2 aliphatic rings. The molecule has 3 rings (SSSR count). The molecule has 0 aromatic carbocycles. The number of hydrogen-bond acceptors (Lipinski definition) is 6. The van der Waals surface area contributed by atoms with Gasteiger partial charge in [-0.05, 0) is 31.9 Å². The maximum absolute atomic E-state index is 13.0. The van der Waals surface area contributed by atoms with Crippen molar-refractivity contribution in [3.8, 4) is 0 Å². The van der Waals surface area contributed by atoms with Crippen LogP contribution in [-0.2, 0) is 9.59 Å². The summed E-state index contributed by atoms with van der Waals surface area (Å²) in [7, 11) is 0. The molecule has 9 nitrogen and oxygen atoms in total. The average Bonchev–Trinajstić information content (AvgIpc) is 2.71. The Labute approximate surface area is 162 Å². The third kappa shape index (κ3) is 4.03. The minimum absolute atomic E-state index is 0.207. The van der Waals surface area contributed by atoms with Crippen molar-refractivity contribution in [1.29, 1.82) is 0 Å². The quantitative estimate of drug-likeness (QED) is 0.518. The standard InChI is InChI=1S/C19H23N5O4/c1-2-14(22-23-16(25)12-8-10-20-11-9-12)15-17(26)21-19(28)24(18(15)27)13-6-4-3-5-7-13/h2,8-11,13,15,22H,3-7H2,1H3,(H,23,25)(H,21,26,28)/b14-2+/t15-/m1/s1. The molecule has 9 heteroatoms. The highest BCUT2D eigenvalue weighted by Gasteiger charge is 2.45. The molecule has 148 valence electrons. The van der Waals surface area contributed by atoms with Crippen LogP contribution >= 0.6 is 0 Å². The lowest BCUT2D eigenvalue weighted by atomic mass is 9.91. The van der Waals surface area contributed by atoms with Crippen molar-refractivity contribution < 1.29 is 19.2 Å². The van der Waals surface area contributed by atoms with Crippen LogP contribution < -0.4 is 16.2 Å². The Balaban J connectivity index is 1.73. The SMILES string of the molecule is C/C=C(/NNC(=O)c1ccncc1)[C@@H]1C(=O)NC(=O)N(C2CCCCC2)C1=O. The number of carbonyl (C=O) groups is 4. The van der Waals surface area contributed by atoms with Crippen molar-refractivity contribution in [2.75, 3.05) is 0 Å². The Morgan fingerprint density at radius 2 is 1.82 bits per heavy atom. The Kier molecular flexibility index (Phi) is 6.03. The number of nitrogens with zero attached hydrogens (tertiary/aromatic N) is 2. The molecule has 2 fully saturated rings. The molecule has 0 bridgehead atoms.